The quantitative estimate of drug-likeness (QED) is 0.0437. The average molecular weight is 2190 g/mol. The van der Waals surface area contributed by atoms with Crippen LogP contribution in [0.1, 0.15) is 44.5 Å². The normalized spacial score (nSPS) is 10.3. The van der Waals surface area contributed by atoms with Crippen LogP contribution in [0.3, 0.4) is 0 Å². The molecule has 10 nitrogen and oxygen atoms in total. The van der Waals surface area contributed by atoms with E-state index in [4.69, 9.17) is 45.5 Å². The number of nitrogens with zero attached hydrogens (tertiary/aromatic N) is 6. The number of halogens is 16. The SMILES string of the molecule is C#C[Si](C)(C)C.Cc1c(F)cncc1-c1cc2cc(Br)ccc2[nH]1.Cc1c(F)cncc1-c1cc2cc(Br)ccc2[nH]1.Cc1c(F)cncc1Br.Cc1c(F)cncc1C#C[Si](C)(C)C.Cc1c(F)cncc1C#Cc1cc(Br)ccc1N.Fc1cncc(Br)c1.Nc1ccc(Br)cc1I.[Cl][Au]([Cl])[Cl]. The number of nitrogens with one attached hydrogen (secondary N) is 2. The van der Waals surface area contributed by atoms with Crippen molar-refractivity contribution in [3.05, 3.63) is 275 Å². The Hall–Kier alpha value is -5.63. The van der Waals surface area contributed by atoms with Crippen molar-refractivity contribution >= 4 is 195 Å². The number of aromatic amines is 2. The number of nitrogens with two attached hydrogens (primary N) is 2. The Morgan fingerprint density at radius 2 is 0.788 bits per heavy atom. The molecule has 0 saturated carbocycles. The summed E-state index contributed by atoms with van der Waals surface area (Å²) in [5.74, 6) is 7.01. The number of rotatable bonds is 2. The Balaban J connectivity index is 0.000000256. The summed E-state index contributed by atoms with van der Waals surface area (Å²) in [7, 11) is 12.4. The Bertz CT molecular complexity index is 4890. The van der Waals surface area contributed by atoms with Gasteiger partial charge in [0.05, 0.1) is 37.2 Å². The molecule has 0 atom stereocenters. The molecule has 0 fully saturated rings. The maximum atomic E-state index is 13.5. The first-order valence-corrected chi connectivity index (χ1v) is 51.1. The topological polar surface area (TPSA) is 161 Å². The van der Waals surface area contributed by atoms with Gasteiger partial charge in [0.15, 0.2) is 0 Å². The number of nitrogen functional groups attached to an aromatic ring is 2. The van der Waals surface area contributed by atoms with Gasteiger partial charge in [-0.05, 0) is 191 Å². The monoisotopic (exact) mass is 2180 g/mol. The number of fused-ring (bicyclic) bond motifs is 2. The Kier molecular flexibility index (Phi) is 38.9. The first-order valence-electron chi connectivity index (χ1n) is 30.2. The van der Waals surface area contributed by atoms with E-state index in [0.717, 1.165) is 77.7 Å². The van der Waals surface area contributed by atoms with Crippen LogP contribution < -0.4 is 11.5 Å². The van der Waals surface area contributed by atoms with E-state index in [9.17, 15) is 26.3 Å². The second-order valence-corrected chi connectivity index (χ2v) is 49.2. The molecule has 0 saturated heterocycles. The third-order valence-corrected chi connectivity index (χ3v) is 19.3. The first kappa shape index (κ1) is 90.8. The van der Waals surface area contributed by atoms with Crippen molar-refractivity contribution in [1.29, 1.82) is 0 Å². The van der Waals surface area contributed by atoms with Crippen LogP contribution in [0.15, 0.2) is 192 Å². The van der Waals surface area contributed by atoms with Crippen LogP contribution in [0.2, 0.25) is 39.3 Å². The van der Waals surface area contributed by atoms with E-state index in [2.05, 4.69) is 226 Å². The molecule has 12 rings (SSSR count). The van der Waals surface area contributed by atoms with Gasteiger partial charge in [-0.1, -0.05) is 121 Å². The fourth-order valence-electron chi connectivity index (χ4n) is 7.68. The van der Waals surface area contributed by atoms with Crippen molar-refractivity contribution in [3.63, 3.8) is 0 Å². The number of hydrogen-bond donors (Lipinski definition) is 4. The van der Waals surface area contributed by atoms with Crippen LogP contribution in [-0.4, -0.2) is 56.0 Å². The van der Waals surface area contributed by atoms with E-state index >= 15 is 0 Å². The van der Waals surface area contributed by atoms with Crippen molar-refractivity contribution in [3.8, 4) is 57.8 Å². The average Bonchev–Trinajstić information content (AvgIpc) is 1.69. The van der Waals surface area contributed by atoms with Gasteiger partial charge in [-0.25, -0.2) is 26.3 Å². The second kappa shape index (κ2) is 44.6. The standard InChI is InChI=1S/3C14H10BrFN2.C11H14FNSi.C6H5BrFN.C6H5BrIN.C5H3BrFN.C5H10Si.Au.3ClH/c2*1-8-11(6-17-7-12(8)16)14-5-9-4-10(15)2-3-13(9)18-14;1-9-11(7-18-8-13(9)16)3-2-10-6-12(15)4-5-14(10)17;1-9-10(5-6-14(2,3)4)7-13-8-11(9)12;1-4-5(7)2-9-3-6(4)8;7-4-1-2-6(9)5(8)3-4;6-4-1-5(7)3-8-2-4;1-5-6(2,3)4;;;;/h2*2-7,18H,1H3;4-8H,17H2,1H3;7-8H,1-4H3;2-3H,1H3;1-3H,9H2;1-3H;1H,2-4H3;;3*1H/q;;;;;;;;+3;;;/p-3. The van der Waals surface area contributed by atoms with Gasteiger partial charge in [-0.2, -0.15) is 0 Å². The van der Waals surface area contributed by atoms with E-state index < -0.39 is 31.3 Å². The van der Waals surface area contributed by atoms with Crippen LogP contribution in [0.25, 0.3) is 44.3 Å². The van der Waals surface area contributed by atoms with Gasteiger partial charge in [0.1, 0.15) is 51.1 Å². The molecule has 0 spiro atoms. The molecule has 0 aliphatic carbocycles. The van der Waals surface area contributed by atoms with Gasteiger partial charge in [-0.3, -0.25) is 29.9 Å². The van der Waals surface area contributed by atoms with Crippen molar-refractivity contribution in [2.45, 2.75) is 73.9 Å². The molecule has 6 N–H and O–H groups in total. The third-order valence-electron chi connectivity index (χ3n) is 13.4. The number of aromatic nitrogens is 8. The molecule has 29 heteroatoms. The summed E-state index contributed by atoms with van der Waals surface area (Å²) in [6.07, 6.45) is 21.9. The molecule has 0 amide bonds. The summed E-state index contributed by atoms with van der Waals surface area (Å²) in [5.41, 5.74) is 29.0. The number of anilines is 2. The molecule has 104 heavy (non-hydrogen) atoms. The van der Waals surface area contributed by atoms with Crippen LogP contribution in [0, 0.1) is 108 Å². The molecule has 0 aliphatic rings. The number of hydrogen-bond acceptors (Lipinski definition) is 8. The van der Waals surface area contributed by atoms with Crippen LogP contribution in [0.5, 0.6) is 0 Å². The Morgan fingerprint density at radius 3 is 1.17 bits per heavy atom. The van der Waals surface area contributed by atoms with Gasteiger partial charge in [0, 0.05) is 157 Å². The summed E-state index contributed by atoms with van der Waals surface area (Å²) in [4.78, 5) is 29.1. The van der Waals surface area contributed by atoms with Gasteiger partial charge in [0.25, 0.3) is 0 Å². The first-order chi connectivity index (χ1) is 48.8. The van der Waals surface area contributed by atoms with Crippen LogP contribution in [-0.2, 0) is 15.2 Å². The summed E-state index contributed by atoms with van der Waals surface area (Å²) < 4.78 is 84.4. The Labute approximate surface area is 686 Å². The minimum atomic E-state index is -1.79. The fourth-order valence-corrected chi connectivity index (χ4v) is 11.3. The van der Waals surface area contributed by atoms with Crippen LogP contribution >= 0.6 is 146 Å². The van der Waals surface area contributed by atoms with Gasteiger partial charge in [-0.15, -0.1) is 17.5 Å². The second-order valence-electron chi connectivity index (χ2n) is 23.7. The molecular formula is C75H67AuBr6Cl3F6IN10Si2. The maximum absolute atomic E-state index is 13.5. The predicted molar refractivity (Wildman–Crippen MR) is 450 cm³/mol. The number of pyridine rings is 6. The van der Waals surface area contributed by atoms with E-state index in [1.807, 2.05) is 78.9 Å². The zero-order valence-electron chi connectivity index (χ0n) is 57.4. The fraction of sp³-hybridized carbons (Fsp3) is 0.147. The van der Waals surface area contributed by atoms with E-state index in [1.165, 1.54) is 43.2 Å². The van der Waals surface area contributed by atoms with Crippen molar-refractivity contribution in [1.82, 2.24) is 39.9 Å². The van der Waals surface area contributed by atoms with Gasteiger partial charge < -0.3 is 21.4 Å². The summed E-state index contributed by atoms with van der Waals surface area (Å²) in [6.45, 7) is 21.5. The summed E-state index contributed by atoms with van der Waals surface area (Å²) in [6, 6.07) is 28.6. The van der Waals surface area contributed by atoms with E-state index in [0.29, 0.717) is 59.1 Å². The van der Waals surface area contributed by atoms with Gasteiger partial charge in [0.2, 0.25) is 0 Å². The molecule has 12 aromatic rings. The molecule has 0 aliphatic heterocycles. The molecule has 0 bridgehead atoms. The zero-order valence-corrected chi connectivity index (χ0v) is 75.5. The zero-order chi connectivity index (χ0) is 77.8. The van der Waals surface area contributed by atoms with E-state index in [1.54, 1.807) is 71.7 Å². The Morgan fingerprint density at radius 1 is 0.423 bits per heavy atom. The molecule has 0 radical (unpaired) electrons. The van der Waals surface area contributed by atoms with Crippen LogP contribution in [0.4, 0.5) is 37.7 Å². The minimum absolute atomic E-state index is 0.274. The van der Waals surface area contributed by atoms with Gasteiger partial charge >= 0.3 is 42.8 Å². The van der Waals surface area contributed by atoms with E-state index in [-0.39, 0.29) is 34.9 Å². The number of H-pyrrole nitrogens is 2. The summed E-state index contributed by atoms with van der Waals surface area (Å²) >= 11 is 20.2. The number of benzene rings is 4. The molecule has 8 heterocycles. The van der Waals surface area contributed by atoms with Crippen molar-refractivity contribution in [2.75, 3.05) is 11.5 Å². The molecular weight excluding hydrogens is 2120 g/mol. The molecule has 0 unspecified atom stereocenters. The van der Waals surface area contributed by atoms with Crippen molar-refractivity contribution < 1.29 is 41.5 Å². The molecule has 548 valence electrons. The number of terminal acetylenes is 1. The third kappa shape index (κ3) is 32.4. The molecule has 4 aromatic carbocycles. The predicted octanol–water partition coefficient (Wildman–Crippen LogP) is 25.4. The molecule has 8 aromatic heterocycles. The summed E-state index contributed by atoms with van der Waals surface area (Å²) in [5, 5.41) is 2.17. The van der Waals surface area contributed by atoms with Crippen molar-refractivity contribution in [2.24, 2.45) is 0 Å².